The highest BCUT2D eigenvalue weighted by Crippen LogP contribution is 2.75. The molecule has 4 heteroatoms. The molecule has 0 aromatic rings. The first-order valence-corrected chi connectivity index (χ1v) is 7.53. The van der Waals surface area contributed by atoms with Gasteiger partial charge in [-0.1, -0.05) is 26.3 Å². The lowest BCUT2D eigenvalue weighted by atomic mass is 9.70. The highest BCUT2D eigenvalue weighted by Gasteiger charge is 2.76. The maximum absolute atomic E-state index is 11.7. The molecular weight excluding hydrogens is 268 g/mol. The SMILES string of the molecule is CC(=O)O[C@H]1[C@H]2CC(C)(C)CC2=C(C=O)[C@@]2(C=O)C[C@]12C. The molecule has 0 radical (unpaired) electrons. The number of carbonyl (C=O) groups is 3. The predicted octanol–water partition coefficient (Wildman–Crippen LogP) is 2.46. The van der Waals surface area contributed by atoms with Crippen LogP contribution in [0.25, 0.3) is 0 Å². The number of fused-ring (bicyclic) bond motifs is 2. The molecule has 4 atom stereocenters. The summed E-state index contributed by atoms with van der Waals surface area (Å²) in [6.07, 6.45) is 3.78. The zero-order valence-corrected chi connectivity index (χ0v) is 13.1. The lowest BCUT2D eigenvalue weighted by Crippen LogP contribution is -2.42. The molecule has 0 aliphatic heterocycles. The fourth-order valence-corrected chi connectivity index (χ4v) is 4.86. The van der Waals surface area contributed by atoms with Crippen LogP contribution < -0.4 is 0 Å². The maximum Gasteiger partial charge on any atom is 0.302 e. The van der Waals surface area contributed by atoms with Gasteiger partial charge in [-0.15, -0.1) is 0 Å². The van der Waals surface area contributed by atoms with E-state index < -0.39 is 10.8 Å². The molecule has 0 aromatic heterocycles. The molecule has 0 amide bonds. The summed E-state index contributed by atoms with van der Waals surface area (Å²) in [4.78, 5) is 34.9. The molecule has 0 saturated heterocycles. The average molecular weight is 290 g/mol. The normalized spacial score (nSPS) is 42.9. The summed E-state index contributed by atoms with van der Waals surface area (Å²) in [7, 11) is 0. The average Bonchev–Trinajstić information content (AvgIpc) is 2.88. The first-order chi connectivity index (χ1) is 9.71. The lowest BCUT2D eigenvalue weighted by Gasteiger charge is -2.38. The number of carbonyl (C=O) groups excluding carboxylic acids is 3. The third-order valence-electron chi connectivity index (χ3n) is 5.86. The largest absolute Gasteiger partial charge is 0.461 e. The van der Waals surface area contributed by atoms with Gasteiger partial charge in [0.15, 0.2) is 0 Å². The Labute approximate surface area is 124 Å². The Morgan fingerprint density at radius 3 is 2.48 bits per heavy atom. The quantitative estimate of drug-likeness (QED) is 0.592. The smallest absolute Gasteiger partial charge is 0.302 e. The fraction of sp³-hybridized carbons (Fsp3) is 0.706. The van der Waals surface area contributed by atoms with Crippen LogP contribution in [-0.2, 0) is 19.1 Å². The number of esters is 1. The van der Waals surface area contributed by atoms with E-state index in [9.17, 15) is 14.4 Å². The molecule has 3 aliphatic carbocycles. The molecule has 114 valence electrons. The Kier molecular flexibility index (Phi) is 2.80. The van der Waals surface area contributed by atoms with E-state index >= 15 is 0 Å². The molecule has 0 aromatic carbocycles. The van der Waals surface area contributed by atoms with Crippen LogP contribution in [0.2, 0.25) is 0 Å². The van der Waals surface area contributed by atoms with Crippen LogP contribution in [-0.4, -0.2) is 24.6 Å². The van der Waals surface area contributed by atoms with E-state index in [4.69, 9.17) is 4.74 Å². The van der Waals surface area contributed by atoms with Crippen LogP contribution in [0.4, 0.5) is 0 Å². The van der Waals surface area contributed by atoms with Crippen molar-refractivity contribution in [1.82, 2.24) is 0 Å². The molecule has 2 fully saturated rings. The minimum Gasteiger partial charge on any atom is -0.461 e. The third-order valence-corrected chi connectivity index (χ3v) is 5.86. The molecule has 0 heterocycles. The van der Waals surface area contributed by atoms with Gasteiger partial charge >= 0.3 is 5.97 Å². The Balaban J connectivity index is 2.15. The number of aldehydes is 2. The topological polar surface area (TPSA) is 60.4 Å². The summed E-state index contributed by atoms with van der Waals surface area (Å²) in [5.74, 6) is -0.240. The van der Waals surface area contributed by atoms with Crippen LogP contribution in [0.5, 0.6) is 0 Å². The van der Waals surface area contributed by atoms with Crippen LogP contribution in [0.3, 0.4) is 0 Å². The molecule has 0 bridgehead atoms. The number of hydrogen-bond donors (Lipinski definition) is 0. The Morgan fingerprint density at radius 2 is 1.95 bits per heavy atom. The van der Waals surface area contributed by atoms with E-state index in [1.807, 2.05) is 6.92 Å². The highest BCUT2D eigenvalue weighted by molar-refractivity contribution is 5.91. The van der Waals surface area contributed by atoms with Gasteiger partial charge in [-0.05, 0) is 24.7 Å². The number of allylic oxidation sites excluding steroid dienone is 1. The van der Waals surface area contributed by atoms with Crippen molar-refractivity contribution in [3.05, 3.63) is 11.1 Å². The molecule has 2 saturated carbocycles. The second kappa shape index (κ2) is 4.05. The zero-order valence-electron chi connectivity index (χ0n) is 13.1. The summed E-state index contributed by atoms with van der Waals surface area (Å²) >= 11 is 0. The van der Waals surface area contributed by atoms with Crippen LogP contribution in [0.1, 0.15) is 47.0 Å². The fourth-order valence-electron chi connectivity index (χ4n) is 4.86. The van der Waals surface area contributed by atoms with E-state index in [2.05, 4.69) is 13.8 Å². The minimum atomic E-state index is -0.735. The molecule has 21 heavy (non-hydrogen) atoms. The van der Waals surface area contributed by atoms with Crippen LogP contribution in [0, 0.1) is 22.2 Å². The summed E-state index contributed by atoms with van der Waals surface area (Å²) in [5, 5.41) is 0. The predicted molar refractivity (Wildman–Crippen MR) is 76.4 cm³/mol. The molecule has 0 spiro atoms. The van der Waals surface area contributed by atoms with Crippen molar-refractivity contribution in [2.45, 2.75) is 53.1 Å². The summed E-state index contributed by atoms with van der Waals surface area (Å²) in [6.45, 7) is 7.70. The number of ether oxygens (including phenoxy) is 1. The van der Waals surface area contributed by atoms with E-state index in [1.54, 1.807) is 0 Å². The summed E-state index contributed by atoms with van der Waals surface area (Å²) in [6, 6.07) is 0. The van der Waals surface area contributed by atoms with E-state index in [0.717, 1.165) is 31.0 Å². The van der Waals surface area contributed by atoms with Gasteiger partial charge in [-0.2, -0.15) is 0 Å². The third kappa shape index (κ3) is 1.71. The van der Waals surface area contributed by atoms with Crippen molar-refractivity contribution in [2.24, 2.45) is 22.2 Å². The Hall–Kier alpha value is -1.45. The summed E-state index contributed by atoms with van der Waals surface area (Å²) in [5.41, 5.74) is 0.623. The van der Waals surface area contributed by atoms with E-state index in [-0.39, 0.29) is 23.4 Å². The molecule has 0 N–H and O–H groups in total. The van der Waals surface area contributed by atoms with E-state index in [1.165, 1.54) is 6.92 Å². The molecule has 3 aliphatic rings. The highest BCUT2D eigenvalue weighted by atomic mass is 16.5. The van der Waals surface area contributed by atoms with Gasteiger partial charge in [0.2, 0.25) is 0 Å². The Morgan fingerprint density at radius 1 is 1.29 bits per heavy atom. The van der Waals surface area contributed by atoms with Gasteiger partial charge in [0.25, 0.3) is 0 Å². The second-order valence-electron chi connectivity index (χ2n) is 7.92. The zero-order chi connectivity index (χ0) is 15.6. The van der Waals surface area contributed by atoms with Crippen molar-refractivity contribution in [3.63, 3.8) is 0 Å². The van der Waals surface area contributed by atoms with Gasteiger partial charge in [0.05, 0.1) is 5.41 Å². The van der Waals surface area contributed by atoms with Crippen molar-refractivity contribution in [3.8, 4) is 0 Å². The number of rotatable bonds is 3. The number of hydrogen-bond acceptors (Lipinski definition) is 4. The van der Waals surface area contributed by atoms with Gasteiger partial charge in [0, 0.05) is 23.8 Å². The molecular formula is C17H22O4. The lowest BCUT2D eigenvalue weighted by molar-refractivity contribution is -0.154. The minimum absolute atomic E-state index is 0.0733. The van der Waals surface area contributed by atoms with Gasteiger partial charge in [0.1, 0.15) is 18.7 Å². The standard InChI is InChI=1S/C17H22O4/c1-10(20)21-14-12-6-15(2,3)5-11(12)13(7-18)17(9-19)8-16(14,17)4/h7,9,12,14H,5-6,8H2,1-4H3/t12-,14-,16+,17-/m0/s1. The second-order valence-corrected chi connectivity index (χ2v) is 7.92. The Bertz CT molecular complexity index is 573. The van der Waals surface area contributed by atoms with Gasteiger partial charge in [-0.25, -0.2) is 0 Å². The van der Waals surface area contributed by atoms with E-state index in [0.29, 0.717) is 12.0 Å². The van der Waals surface area contributed by atoms with Crippen molar-refractivity contribution in [2.75, 3.05) is 0 Å². The van der Waals surface area contributed by atoms with Crippen molar-refractivity contribution < 1.29 is 19.1 Å². The van der Waals surface area contributed by atoms with Gasteiger partial charge < -0.3 is 9.53 Å². The van der Waals surface area contributed by atoms with Crippen LogP contribution in [0.15, 0.2) is 11.1 Å². The molecule has 4 nitrogen and oxygen atoms in total. The van der Waals surface area contributed by atoms with Gasteiger partial charge in [-0.3, -0.25) is 9.59 Å². The molecule has 0 unspecified atom stereocenters. The van der Waals surface area contributed by atoms with Crippen LogP contribution >= 0.6 is 0 Å². The molecule has 3 rings (SSSR count). The van der Waals surface area contributed by atoms with Crippen molar-refractivity contribution >= 4 is 18.5 Å². The van der Waals surface area contributed by atoms with Crippen molar-refractivity contribution in [1.29, 1.82) is 0 Å². The first kappa shape index (κ1) is 14.5. The maximum atomic E-state index is 11.7. The first-order valence-electron chi connectivity index (χ1n) is 7.53. The monoisotopic (exact) mass is 290 g/mol. The summed E-state index contributed by atoms with van der Waals surface area (Å²) < 4.78 is 5.63.